The Bertz CT molecular complexity index is 1420. The third-order valence-electron chi connectivity index (χ3n) is 6.25. The molecule has 0 fully saturated rings. The number of nitrogens with zero attached hydrogens (tertiary/aromatic N) is 1. The molecular formula is C34H29NO. The molecule has 0 heterocycles. The highest BCUT2D eigenvalue weighted by molar-refractivity contribution is 5.91. The molecule has 0 bridgehead atoms. The van der Waals surface area contributed by atoms with Gasteiger partial charge < -0.3 is 9.64 Å². The fourth-order valence-electron chi connectivity index (χ4n) is 4.33. The van der Waals surface area contributed by atoms with Gasteiger partial charge in [-0.15, -0.1) is 0 Å². The van der Waals surface area contributed by atoms with E-state index in [2.05, 4.69) is 133 Å². The minimum Gasteiger partial charge on any atom is -0.497 e. The summed E-state index contributed by atoms with van der Waals surface area (Å²) in [6, 6.07) is 46.6. The number of hydrogen-bond acceptors (Lipinski definition) is 2. The van der Waals surface area contributed by atoms with Crippen LogP contribution in [0.25, 0.3) is 11.6 Å². The second-order valence-corrected chi connectivity index (χ2v) is 8.75. The van der Waals surface area contributed by atoms with Crippen LogP contribution in [0.4, 0.5) is 17.1 Å². The second kappa shape index (κ2) is 10.8. The van der Waals surface area contributed by atoms with Crippen molar-refractivity contribution in [3.05, 3.63) is 156 Å². The standard InChI is InChI=1S/C34H29NO/c1-26-13-17-29(18-14-26)34(28-9-5-3-6-10-28)25-27-15-19-31(20-16-27)35(30-11-7-4-8-12-30)32-21-23-33(36-2)24-22-32/h3-25H,1-2H3. The normalized spacial score (nSPS) is 11.2. The zero-order chi connectivity index (χ0) is 24.7. The first-order valence-corrected chi connectivity index (χ1v) is 12.1. The van der Waals surface area contributed by atoms with E-state index in [1.54, 1.807) is 7.11 Å². The molecule has 0 aliphatic rings. The van der Waals surface area contributed by atoms with Crippen molar-refractivity contribution in [1.29, 1.82) is 0 Å². The summed E-state index contributed by atoms with van der Waals surface area (Å²) in [7, 11) is 1.69. The quantitative estimate of drug-likeness (QED) is 0.221. The minimum absolute atomic E-state index is 0.844. The van der Waals surface area contributed by atoms with Gasteiger partial charge in [-0.1, -0.05) is 90.5 Å². The van der Waals surface area contributed by atoms with Gasteiger partial charge in [-0.25, -0.2) is 0 Å². The molecule has 0 spiro atoms. The van der Waals surface area contributed by atoms with Gasteiger partial charge in [0, 0.05) is 17.1 Å². The summed E-state index contributed by atoms with van der Waals surface area (Å²) in [6.45, 7) is 2.12. The first-order valence-electron chi connectivity index (χ1n) is 12.1. The summed E-state index contributed by atoms with van der Waals surface area (Å²) in [5.74, 6) is 0.844. The number of methoxy groups -OCH3 is 1. The fraction of sp³-hybridized carbons (Fsp3) is 0.0588. The molecule has 36 heavy (non-hydrogen) atoms. The highest BCUT2D eigenvalue weighted by Crippen LogP contribution is 2.35. The van der Waals surface area contributed by atoms with E-state index in [-0.39, 0.29) is 0 Å². The Labute approximate surface area is 213 Å². The van der Waals surface area contributed by atoms with Crippen molar-refractivity contribution in [3.63, 3.8) is 0 Å². The maximum Gasteiger partial charge on any atom is 0.119 e. The highest BCUT2D eigenvalue weighted by Gasteiger charge is 2.12. The number of ether oxygens (including phenoxy) is 1. The summed E-state index contributed by atoms with van der Waals surface area (Å²) < 4.78 is 5.37. The monoisotopic (exact) mass is 467 g/mol. The number of aryl methyl sites for hydroxylation is 1. The number of benzene rings is 5. The summed E-state index contributed by atoms with van der Waals surface area (Å²) in [5, 5.41) is 0. The molecule has 176 valence electrons. The van der Waals surface area contributed by atoms with Crippen LogP contribution < -0.4 is 9.64 Å². The molecular weight excluding hydrogens is 438 g/mol. The molecule has 0 amide bonds. The van der Waals surface area contributed by atoms with E-state index >= 15 is 0 Å². The van der Waals surface area contributed by atoms with E-state index in [0.717, 1.165) is 28.4 Å². The summed E-state index contributed by atoms with van der Waals surface area (Å²) in [5.41, 5.74) is 9.31. The maximum atomic E-state index is 5.37. The predicted molar refractivity (Wildman–Crippen MR) is 152 cm³/mol. The number of anilines is 3. The molecule has 0 radical (unpaired) electrons. The van der Waals surface area contributed by atoms with Gasteiger partial charge in [0.15, 0.2) is 0 Å². The summed E-state index contributed by atoms with van der Waals surface area (Å²) >= 11 is 0. The fourth-order valence-corrected chi connectivity index (χ4v) is 4.33. The zero-order valence-corrected chi connectivity index (χ0v) is 20.6. The Kier molecular flexibility index (Phi) is 6.95. The Morgan fingerprint density at radius 3 is 1.64 bits per heavy atom. The average Bonchev–Trinajstić information content (AvgIpc) is 2.95. The SMILES string of the molecule is COc1ccc(N(c2ccccc2)c2ccc(C=C(c3ccccc3)c3ccc(C)cc3)cc2)cc1. The van der Waals surface area contributed by atoms with Crippen molar-refractivity contribution in [1.82, 2.24) is 0 Å². The van der Waals surface area contributed by atoms with Crippen LogP contribution in [-0.2, 0) is 0 Å². The summed E-state index contributed by atoms with van der Waals surface area (Å²) in [6.07, 6.45) is 2.27. The van der Waals surface area contributed by atoms with Crippen molar-refractivity contribution >= 4 is 28.7 Å². The van der Waals surface area contributed by atoms with E-state index in [4.69, 9.17) is 4.74 Å². The van der Waals surface area contributed by atoms with Gasteiger partial charge in [0.05, 0.1) is 7.11 Å². The van der Waals surface area contributed by atoms with E-state index in [1.165, 1.54) is 22.3 Å². The highest BCUT2D eigenvalue weighted by atomic mass is 16.5. The molecule has 0 aliphatic heterocycles. The van der Waals surface area contributed by atoms with E-state index in [0.29, 0.717) is 0 Å². The van der Waals surface area contributed by atoms with E-state index in [9.17, 15) is 0 Å². The predicted octanol–water partition coefficient (Wildman–Crippen LogP) is 9.06. The zero-order valence-electron chi connectivity index (χ0n) is 20.6. The smallest absolute Gasteiger partial charge is 0.119 e. The Morgan fingerprint density at radius 1 is 0.556 bits per heavy atom. The Hall–Kier alpha value is -4.56. The molecule has 2 nitrogen and oxygen atoms in total. The molecule has 5 aromatic rings. The van der Waals surface area contributed by atoms with Crippen LogP contribution in [0.1, 0.15) is 22.3 Å². The minimum atomic E-state index is 0.844. The lowest BCUT2D eigenvalue weighted by molar-refractivity contribution is 0.415. The number of rotatable bonds is 7. The third kappa shape index (κ3) is 5.24. The van der Waals surface area contributed by atoms with Gasteiger partial charge in [0.25, 0.3) is 0 Å². The molecule has 5 rings (SSSR count). The van der Waals surface area contributed by atoms with Crippen LogP contribution in [-0.4, -0.2) is 7.11 Å². The van der Waals surface area contributed by atoms with Crippen LogP contribution in [0, 0.1) is 6.92 Å². The van der Waals surface area contributed by atoms with Crippen molar-refractivity contribution in [2.24, 2.45) is 0 Å². The van der Waals surface area contributed by atoms with Crippen LogP contribution in [0.15, 0.2) is 133 Å². The van der Waals surface area contributed by atoms with Gasteiger partial charge >= 0.3 is 0 Å². The maximum absolute atomic E-state index is 5.37. The van der Waals surface area contributed by atoms with E-state index in [1.807, 2.05) is 18.2 Å². The molecule has 0 N–H and O–H groups in total. The first kappa shape index (κ1) is 23.2. The van der Waals surface area contributed by atoms with Crippen LogP contribution in [0.2, 0.25) is 0 Å². The number of hydrogen-bond donors (Lipinski definition) is 0. The molecule has 0 saturated heterocycles. The number of para-hydroxylation sites is 1. The molecule has 0 unspecified atom stereocenters. The molecule has 0 atom stereocenters. The lowest BCUT2D eigenvalue weighted by atomic mass is 9.95. The van der Waals surface area contributed by atoms with Gasteiger partial charge in [-0.3, -0.25) is 0 Å². The molecule has 0 aromatic heterocycles. The van der Waals surface area contributed by atoms with Gasteiger partial charge in [0.1, 0.15) is 5.75 Å². The van der Waals surface area contributed by atoms with Crippen LogP contribution in [0.5, 0.6) is 5.75 Å². The second-order valence-electron chi connectivity index (χ2n) is 8.75. The van der Waals surface area contributed by atoms with Crippen molar-refractivity contribution in [2.75, 3.05) is 12.0 Å². The first-order chi connectivity index (χ1) is 17.7. The largest absolute Gasteiger partial charge is 0.497 e. The van der Waals surface area contributed by atoms with E-state index < -0.39 is 0 Å². The Balaban J connectivity index is 1.54. The Morgan fingerprint density at radius 2 is 1.06 bits per heavy atom. The van der Waals surface area contributed by atoms with Gasteiger partial charge in [-0.2, -0.15) is 0 Å². The van der Waals surface area contributed by atoms with Crippen molar-refractivity contribution in [3.8, 4) is 5.75 Å². The van der Waals surface area contributed by atoms with Crippen LogP contribution >= 0.6 is 0 Å². The molecule has 5 aromatic carbocycles. The van der Waals surface area contributed by atoms with Crippen LogP contribution in [0.3, 0.4) is 0 Å². The van der Waals surface area contributed by atoms with Gasteiger partial charge in [-0.05, 0) is 83.8 Å². The van der Waals surface area contributed by atoms with Crippen molar-refractivity contribution < 1.29 is 4.74 Å². The lowest BCUT2D eigenvalue weighted by Crippen LogP contribution is -2.09. The summed E-state index contributed by atoms with van der Waals surface area (Å²) in [4.78, 5) is 2.25. The third-order valence-corrected chi connectivity index (χ3v) is 6.25. The topological polar surface area (TPSA) is 12.5 Å². The lowest BCUT2D eigenvalue weighted by Gasteiger charge is -2.25. The average molecular weight is 468 g/mol. The molecule has 2 heteroatoms. The molecule has 0 aliphatic carbocycles. The molecule has 0 saturated carbocycles. The van der Waals surface area contributed by atoms with Crippen molar-refractivity contribution in [2.45, 2.75) is 6.92 Å². The van der Waals surface area contributed by atoms with Gasteiger partial charge in [0.2, 0.25) is 0 Å².